The normalized spacial score (nSPS) is 12.7. The number of benzene rings is 10. The van der Waals surface area contributed by atoms with E-state index in [1.165, 1.54) is 38.8 Å². The molecule has 2 nitrogen and oxygen atoms in total. The lowest BCUT2D eigenvalue weighted by Crippen LogP contribution is -2.28. The van der Waals surface area contributed by atoms with Crippen LogP contribution in [0.4, 0.5) is 17.1 Å². The van der Waals surface area contributed by atoms with E-state index < -0.39 is 5.41 Å². The van der Waals surface area contributed by atoms with Gasteiger partial charge in [-0.15, -0.1) is 0 Å². The molecule has 0 radical (unpaired) electrons. The van der Waals surface area contributed by atoms with Crippen molar-refractivity contribution in [2.24, 2.45) is 0 Å². The Kier molecular flexibility index (Phi) is 8.11. The molecule has 0 bridgehead atoms. The largest absolute Gasteiger partial charge is 0.455 e. The summed E-state index contributed by atoms with van der Waals surface area (Å²) in [5, 5.41) is 4.51. The molecule has 2 heteroatoms. The van der Waals surface area contributed by atoms with Gasteiger partial charge >= 0.3 is 0 Å². The highest BCUT2D eigenvalue weighted by Gasteiger charge is 2.47. The monoisotopic (exact) mass is 777 g/mol. The number of para-hydroxylation sites is 2. The summed E-state index contributed by atoms with van der Waals surface area (Å²) in [6.07, 6.45) is 0. The van der Waals surface area contributed by atoms with Crippen LogP contribution in [0.3, 0.4) is 0 Å². The molecule has 1 aliphatic rings. The third-order valence-corrected chi connectivity index (χ3v) is 12.8. The fourth-order valence-electron chi connectivity index (χ4n) is 10.3. The summed E-state index contributed by atoms with van der Waals surface area (Å²) < 4.78 is 6.77. The molecule has 1 aliphatic carbocycles. The summed E-state index contributed by atoms with van der Waals surface area (Å²) >= 11 is 0. The van der Waals surface area contributed by atoms with Crippen molar-refractivity contribution < 1.29 is 4.42 Å². The lowest BCUT2D eigenvalue weighted by molar-refractivity contribution is 0.673. The molecule has 0 saturated carbocycles. The van der Waals surface area contributed by atoms with Gasteiger partial charge in [0.1, 0.15) is 11.2 Å². The first kappa shape index (κ1) is 35.0. The molecule has 0 aliphatic heterocycles. The first-order valence-electron chi connectivity index (χ1n) is 21.0. The average molecular weight is 778 g/mol. The Morgan fingerprint density at radius 1 is 0.344 bits per heavy atom. The van der Waals surface area contributed by atoms with Gasteiger partial charge in [-0.3, -0.25) is 0 Å². The number of hydrogen-bond acceptors (Lipinski definition) is 2. The van der Waals surface area contributed by atoms with Gasteiger partial charge in [-0.2, -0.15) is 0 Å². The number of furan rings is 1. The van der Waals surface area contributed by atoms with Gasteiger partial charge in [0, 0.05) is 32.8 Å². The zero-order valence-corrected chi connectivity index (χ0v) is 33.4. The van der Waals surface area contributed by atoms with Crippen molar-refractivity contribution in [1.29, 1.82) is 0 Å². The van der Waals surface area contributed by atoms with Crippen LogP contribution in [-0.4, -0.2) is 0 Å². The van der Waals surface area contributed by atoms with Gasteiger partial charge in [0.05, 0.1) is 22.5 Å². The number of hydrogen-bond donors (Lipinski definition) is 0. The van der Waals surface area contributed by atoms with Crippen LogP contribution in [0.25, 0.3) is 66.1 Å². The number of anilines is 3. The van der Waals surface area contributed by atoms with E-state index in [0.29, 0.717) is 0 Å². The Balaban J connectivity index is 1.19. The summed E-state index contributed by atoms with van der Waals surface area (Å²) in [6, 6.07) is 86.0. The van der Waals surface area contributed by atoms with Gasteiger partial charge in [-0.1, -0.05) is 206 Å². The van der Waals surface area contributed by atoms with Gasteiger partial charge in [0.15, 0.2) is 0 Å². The van der Waals surface area contributed by atoms with Crippen molar-refractivity contribution >= 4 is 49.8 Å². The Labute approximate surface area is 355 Å². The smallest absolute Gasteiger partial charge is 0.143 e. The molecule has 61 heavy (non-hydrogen) atoms. The van der Waals surface area contributed by atoms with Crippen LogP contribution in [0, 0.1) is 0 Å². The molecule has 11 aromatic rings. The van der Waals surface area contributed by atoms with E-state index in [4.69, 9.17) is 4.42 Å². The van der Waals surface area contributed by atoms with Crippen LogP contribution in [0.15, 0.2) is 241 Å². The highest BCUT2D eigenvalue weighted by molar-refractivity contribution is 6.20. The maximum absolute atomic E-state index is 6.77. The minimum atomic E-state index is -0.543. The maximum atomic E-state index is 6.77. The van der Waals surface area contributed by atoms with E-state index in [9.17, 15) is 0 Å². The average Bonchev–Trinajstić information content (AvgIpc) is 3.88. The fourth-order valence-corrected chi connectivity index (χ4v) is 10.3. The van der Waals surface area contributed by atoms with Gasteiger partial charge < -0.3 is 9.32 Å². The molecule has 0 atom stereocenters. The Morgan fingerprint density at radius 3 is 1.64 bits per heavy atom. The topological polar surface area (TPSA) is 16.4 Å². The molecule has 0 N–H and O–H groups in total. The van der Waals surface area contributed by atoms with Gasteiger partial charge in [0.25, 0.3) is 0 Å². The predicted molar refractivity (Wildman–Crippen MR) is 254 cm³/mol. The third kappa shape index (κ3) is 5.29. The summed E-state index contributed by atoms with van der Waals surface area (Å²) in [5.74, 6) is 0. The molecule has 0 fully saturated rings. The van der Waals surface area contributed by atoms with E-state index in [1.807, 2.05) is 0 Å². The zero-order valence-electron chi connectivity index (χ0n) is 33.4. The Hall–Kier alpha value is -7.94. The molecule has 10 aromatic carbocycles. The fraction of sp³-hybridized carbons (Fsp3) is 0.0169. The quantitative estimate of drug-likeness (QED) is 0.160. The van der Waals surface area contributed by atoms with Crippen LogP contribution in [0.2, 0.25) is 0 Å². The second-order valence-corrected chi connectivity index (χ2v) is 15.9. The molecular weight excluding hydrogens is 739 g/mol. The molecule has 1 aromatic heterocycles. The van der Waals surface area contributed by atoms with Crippen LogP contribution in [0.1, 0.15) is 22.3 Å². The molecule has 0 unspecified atom stereocenters. The highest BCUT2D eigenvalue weighted by Crippen LogP contribution is 2.60. The van der Waals surface area contributed by atoms with Crippen LogP contribution < -0.4 is 4.90 Å². The highest BCUT2D eigenvalue weighted by atomic mass is 16.3. The van der Waals surface area contributed by atoms with Gasteiger partial charge in [-0.05, 0) is 74.7 Å². The lowest BCUT2D eigenvalue weighted by Gasteiger charge is -2.35. The summed E-state index contributed by atoms with van der Waals surface area (Å²) in [4.78, 5) is 2.52. The minimum Gasteiger partial charge on any atom is -0.455 e. The van der Waals surface area contributed by atoms with Gasteiger partial charge in [-0.25, -0.2) is 0 Å². The van der Waals surface area contributed by atoms with Crippen LogP contribution in [0.5, 0.6) is 0 Å². The van der Waals surface area contributed by atoms with Crippen molar-refractivity contribution in [3.63, 3.8) is 0 Å². The first-order chi connectivity index (χ1) is 30.3. The second-order valence-electron chi connectivity index (χ2n) is 15.9. The second kappa shape index (κ2) is 14.1. The molecule has 1 heterocycles. The summed E-state index contributed by atoms with van der Waals surface area (Å²) in [6.45, 7) is 0. The van der Waals surface area contributed by atoms with E-state index in [2.05, 4.69) is 241 Å². The predicted octanol–water partition coefficient (Wildman–Crippen LogP) is 15.9. The van der Waals surface area contributed by atoms with Crippen molar-refractivity contribution in [3.8, 4) is 33.4 Å². The number of nitrogens with zero attached hydrogens (tertiary/aromatic N) is 1. The van der Waals surface area contributed by atoms with Crippen molar-refractivity contribution in [2.45, 2.75) is 5.41 Å². The molecule has 0 saturated heterocycles. The summed E-state index contributed by atoms with van der Waals surface area (Å²) in [7, 11) is 0. The number of rotatable bonds is 7. The third-order valence-electron chi connectivity index (χ3n) is 12.8. The SMILES string of the molecule is c1ccc(-c2ccccc2N(c2ccccc2-c2cccc3oc4c5ccccc5ccc4c23)c2cccc3c2-c2ccccc2C3(c2ccccc2)c2ccccc2)cc1. The zero-order chi connectivity index (χ0) is 40.3. The Morgan fingerprint density at radius 2 is 0.885 bits per heavy atom. The van der Waals surface area contributed by atoms with Crippen LogP contribution in [-0.2, 0) is 5.41 Å². The van der Waals surface area contributed by atoms with Crippen LogP contribution >= 0.6 is 0 Å². The molecule has 0 amide bonds. The molecule has 286 valence electrons. The molecule has 0 spiro atoms. The van der Waals surface area contributed by atoms with Crippen molar-refractivity contribution in [3.05, 3.63) is 259 Å². The Bertz CT molecular complexity index is 3380. The lowest BCUT2D eigenvalue weighted by atomic mass is 9.68. The standard InChI is InChI=1S/C59H39NO/c1-4-20-40(21-5-1)44-27-13-16-34-52(44)60(53-35-17-14-29-46(53)47-31-18-37-55-56(47)49-39-38-41-22-10-11-28-45(41)58(49)61-55)54-36-19-33-51-57(54)48-30-12-15-32-50(48)59(51,42-23-6-2-7-24-42)43-25-8-3-9-26-43/h1-39H. The van der Waals surface area contributed by atoms with Gasteiger partial charge in [0.2, 0.25) is 0 Å². The molecule has 12 rings (SSSR count). The van der Waals surface area contributed by atoms with E-state index in [0.717, 1.165) is 66.6 Å². The van der Waals surface area contributed by atoms with E-state index in [1.54, 1.807) is 0 Å². The summed E-state index contributed by atoms with van der Waals surface area (Å²) in [5.41, 5.74) is 16.6. The molecular formula is C59H39NO. The maximum Gasteiger partial charge on any atom is 0.143 e. The minimum absolute atomic E-state index is 0.543. The number of fused-ring (bicyclic) bond motifs is 8. The van der Waals surface area contributed by atoms with E-state index in [-0.39, 0.29) is 0 Å². The van der Waals surface area contributed by atoms with Crippen molar-refractivity contribution in [2.75, 3.05) is 4.90 Å². The van der Waals surface area contributed by atoms with Crippen molar-refractivity contribution in [1.82, 2.24) is 0 Å². The first-order valence-corrected chi connectivity index (χ1v) is 21.0. The van der Waals surface area contributed by atoms with E-state index >= 15 is 0 Å².